The Morgan fingerprint density at radius 3 is 2.09 bits per heavy atom. The SMILES string of the molecule is CCC1=C\C(C2=c3ccccc3=C3C=CC=CC3C2)=C/CN(c2ccccc2)C(C)C(Nc2ccc(-c3cccc(-c4ccccc4)c3)cc2)C\C=C\1C. The van der Waals surface area contributed by atoms with Gasteiger partial charge in [-0.3, -0.25) is 0 Å². The van der Waals surface area contributed by atoms with E-state index in [0.29, 0.717) is 5.92 Å². The fourth-order valence-corrected chi connectivity index (χ4v) is 8.44. The van der Waals surface area contributed by atoms with Crippen LogP contribution in [0.3, 0.4) is 0 Å². The van der Waals surface area contributed by atoms with Crippen molar-refractivity contribution in [2.24, 2.45) is 5.92 Å². The molecule has 3 atom stereocenters. The second kappa shape index (κ2) is 16.0. The Morgan fingerprint density at radius 1 is 0.685 bits per heavy atom. The Labute approximate surface area is 321 Å². The van der Waals surface area contributed by atoms with Crippen LogP contribution in [0.15, 0.2) is 193 Å². The Bertz CT molecular complexity index is 2390. The minimum atomic E-state index is 0.180. The molecule has 2 heteroatoms. The average Bonchev–Trinajstić information content (AvgIpc) is 3.25. The summed E-state index contributed by atoms with van der Waals surface area (Å²) in [6.07, 6.45) is 19.5. The number of nitrogens with zero attached hydrogens (tertiary/aromatic N) is 1. The van der Waals surface area contributed by atoms with E-state index < -0.39 is 0 Å². The van der Waals surface area contributed by atoms with Crippen molar-refractivity contribution in [2.75, 3.05) is 16.8 Å². The minimum Gasteiger partial charge on any atom is -0.380 e. The molecule has 1 heterocycles. The van der Waals surface area contributed by atoms with Crippen LogP contribution in [0.2, 0.25) is 0 Å². The highest BCUT2D eigenvalue weighted by molar-refractivity contribution is 5.78. The molecule has 0 radical (unpaired) electrons. The number of hydrogen-bond acceptors (Lipinski definition) is 2. The third kappa shape index (κ3) is 7.48. The lowest BCUT2D eigenvalue weighted by Gasteiger charge is -2.37. The van der Waals surface area contributed by atoms with Crippen molar-refractivity contribution >= 4 is 22.5 Å². The zero-order valence-electron chi connectivity index (χ0n) is 31.8. The van der Waals surface area contributed by atoms with E-state index in [1.807, 2.05) is 0 Å². The molecular formula is C52H50N2. The van der Waals surface area contributed by atoms with Crippen LogP contribution in [0.25, 0.3) is 33.4 Å². The number of benzene rings is 5. The predicted octanol–water partition coefficient (Wildman–Crippen LogP) is 11.5. The van der Waals surface area contributed by atoms with Crippen LogP contribution in [-0.4, -0.2) is 18.6 Å². The highest BCUT2D eigenvalue weighted by atomic mass is 15.2. The molecule has 2 nitrogen and oxygen atoms in total. The average molecular weight is 703 g/mol. The third-order valence-electron chi connectivity index (χ3n) is 11.6. The molecule has 3 aliphatic rings. The largest absolute Gasteiger partial charge is 0.380 e. The molecule has 0 fully saturated rings. The van der Waals surface area contributed by atoms with Crippen LogP contribution in [0.1, 0.15) is 40.0 Å². The summed E-state index contributed by atoms with van der Waals surface area (Å²) in [6.45, 7) is 7.80. The predicted molar refractivity (Wildman–Crippen MR) is 232 cm³/mol. The zero-order valence-corrected chi connectivity index (χ0v) is 31.8. The minimum absolute atomic E-state index is 0.180. The van der Waals surface area contributed by atoms with Gasteiger partial charge in [-0.05, 0) is 118 Å². The highest BCUT2D eigenvalue weighted by Crippen LogP contribution is 2.34. The first-order valence-electron chi connectivity index (χ1n) is 19.7. The molecule has 54 heavy (non-hydrogen) atoms. The number of allylic oxidation sites excluding steroid dienone is 8. The number of para-hydroxylation sites is 1. The van der Waals surface area contributed by atoms with E-state index in [1.54, 1.807) is 0 Å². The zero-order chi connectivity index (χ0) is 36.9. The van der Waals surface area contributed by atoms with Gasteiger partial charge in [0.15, 0.2) is 0 Å². The molecule has 268 valence electrons. The van der Waals surface area contributed by atoms with Gasteiger partial charge < -0.3 is 10.2 Å². The summed E-state index contributed by atoms with van der Waals surface area (Å²) >= 11 is 0. The molecule has 5 aromatic carbocycles. The van der Waals surface area contributed by atoms with Crippen LogP contribution in [0.5, 0.6) is 0 Å². The fraction of sp³-hybridized carbons (Fsp3) is 0.192. The molecule has 3 unspecified atom stereocenters. The first-order valence-corrected chi connectivity index (χ1v) is 19.7. The van der Waals surface area contributed by atoms with E-state index in [2.05, 4.69) is 207 Å². The van der Waals surface area contributed by atoms with Gasteiger partial charge in [0.2, 0.25) is 0 Å². The summed E-state index contributed by atoms with van der Waals surface area (Å²) < 4.78 is 0. The molecule has 5 aromatic rings. The Balaban J connectivity index is 1.15. The van der Waals surface area contributed by atoms with Gasteiger partial charge in [0.1, 0.15) is 0 Å². The maximum Gasteiger partial charge on any atom is 0.0496 e. The van der Waals surface area contributed by atoms with Gasteiger partial charge in [-0.25, -0.2) is 0 Å². The molecule has 0 saturated carbocycles. The summed E-state index contributed by atoms with van der Waals surface area (Å²) in [5, 5.41) is 6.74. The van der Waals surface area contributed by atoms with Gasteiger partial charge in [-0.15, -0.1) is 0 Å². The molecule has 0 amide bonds. The van der Waals surface area contributed by atoms with E-state index in [1.165, 1.54) is 66.2 Å². The lowest BCUT2D eigenvalue weighted by Crippen LogP contribution is -2.45. The van der Waals surface area contributed by atoms with Crippen molar-refractivity contribution in [1.82, 2.24) is 0 Å². The van der Waals surface area contributed by atoms with E-state index in [9.17, 15) is 0 Å². The molecular weight excluding hydrogens is 653 g/mol. The first-order chi connectivity index (χ1) is 26.6. The van der Waals surface area contributed by atoms with Crippen molar-refractivity contribution < 1.29 is 0 Å². The Kier molecular flexibility index (Phi) is 10.4. The number of hydrogen-bond donors (Lipinski definition) is 1. The fourth-order valence-electron chi connectivity index (χ4n) is 8.44. The Hall–Kier alpha value is -5.86. The quantitative estimate of drug-likeness (QED) is 0.182. The van der Waals surface area contributed by atoms with Gasteiger partial charge in [0, 0.05) is 35.9 Å². The van der Waals surface area contributed by atoms with Crippen LogP contribution in [0.4, 0.5) is 11.4 Å². The first kappa shape index (κ1) is 35.2. The maximum atomic E-state index is 4.01. The summed E-state index contributed by atoms with van der Waals surface area (Å²) in [5.74, 6) is 0.394. The van der Waals surface area contributed by atoms with Crippen LogP contribution < -0.4 is 20.7 Å². The van der Waals surface area contributed by atoms with Gasteiger partial charge in [-0.1, -0.05) is 158 Å². The van der Waals surface area contributed by atoms with Crippen molar-refractivity contribution in [2.45, 2.75) is 52.1 Å². The number of anilines is 2. The van der Waals surface area contributed by atoms with E-state index >= 15 is 0 Å². The number of nitrogens with one attached hydrogen (secondary N) is 1. The van der Waals surface area contributed by atoms with E-state index in [0.717, 1.165) is 31.5 Å². The second-order valence-electron chi connectivity index (χ2n) is 14.8. The van der Waals surface area contributed by atoms with Gasteiger partial charge in [-0.2, -0.15) is 0 Å². The molecule has 0 spiro atoms. The number of fused-ring (bicyclic) bond motifs is 2. The van der Waals surface area contributed by atoms with Gasteiger partial charge in [0.05, 0.1) is 0 Å². The molecule has 0 bridgehead atoms. The molecule has 8 rings (SSSR count). The lowest BCUT2D eigenvalue weighted by molar-refractivity contribution is 0.557. The Morgan fingerprint density at radius 2 is 1.35 bits per heavy atom. The van der Waals surface area contributed by atoms with Crippen LogP contribution >= 0.6 is 0 Å². The summed E-state index contributed by atoms with van der Waals surface area (Å²) in [4.78, 5) is 2.59. The third-order valence-corrected chi connectivity index (χ3v) is 11.6. The topological polar surface area (TPSA) is 15.3 Å². The van der Waals surface area contributed by atoms with Gasteiger partial charge >= 0.3 is 0 Å². The summed E-state index contributed by atoms with van der Waals surface area (Å²) in [7, 11) is 0. The molecule has 0 aromatic heterocycles. The molecule has 1 N–H and O–H groups in total. The molecule has 0 saturated heterocycles. The van der Waals surface area contributed by atoms with E-state index in [4.69, 9.17) is 0 Å². The highest BCUT2D eigenvalue weighted by Gasteiger charge is 2.26. The van der Waals surface area contributed by atoms with Crippen LogP contribution in [-0.2, 0) is 0 Å². The van der Waals surface area contributed by atoms with E-state index in [-0.39, 0.29) is 12.1 Å². The second-order valence-corrected chi connectivity index (χ2v) is 14.8. The standard InChI is InChI=1S/C52H50N2/c1-4-39-34-45(51-36-44-18-11-12-23-48(44)49-24-13-14-25-50(49)51)32-33-54(47-21-9-6-10-22-47)38(3)52(31-26-37(39)2)53-46-29-27-41(28-30-46)43-20-15-19-42(35-43)40-16-7-5-8-17-40/h5-30,32,34-35,38,44,52-53H,4,31,33,36H2,1-3H3/b37-26+,39-34+,45-32+. The van der Waals surface area contributed by atoms with Crippen molar-refractivity contribution in [1.29, 1.82) is 0 Å². The molecule has 1 aliphatic heterocycles. The monoisotopic (exact) mass is 702 g/mol. The lowest BCUT2D eigenvalue weighted by atomic mass is 9.79. The van der Waals surface area contributed by atoms with Gasteiger partial charge in [0.25, 0.3) is 0 Å². The normalized spacial score (nSPS) is 22.8. The molecule has 2 aliphatic carbocycles. The van der Waals surface area contributed by atoms with Crippen molar-refractivity contribution in [3.05, 3.63) is 203 Å². The van der Waals surface area contributed by atoms with Crippen LogP contribution in [0, 0.1) is 5.92 Å². The van der Waals surface area contributed by atoms with Crippen molar-refractivity contribution in [3.63, 3.8) is 0 Å². The van der Waals surface area contributed by atoms with Crippen molar-refractivity contribution in [3.8, 4) is 22.3 Å². The summed E-state index contributed by atoms with van der Waals surface area (Å²) in [6, 6.07) is 48.8. The summed E-state index contributed by atoms with van der Waals surface area (Å²) in [5.41, 5.74) is 14.3. The smallest absolute Gasteiger partial charge is 0.0496 e. The maximum absolute atomic E-state index is 4.01. The number of rotatable bonds is 7.